The van der Waals surface area contributed by atoms with Crippen LogP contribution in [-0.4, -0.2) is 24.2 Å². The maximum Gasteiger partial charge on any atom is 0.323 e. The maximum absolute atomic E-state index is 10.7. The van der Waals surface area contributed by atoms with Gasteiger partial charge in [-0.05, 0) is 30.9 Å². The molecule has 80 valence electrons. The second kappa shape index (κ2) is 4.34. The van der Waals surface area contributed by atoms with Gasteiger partial charge in [0.05, 0.1) is 0 Å². The summed E-state index contributed by atoms with van der Waals surface area (Å²) in [6.45, 7) is 0.959. The SMILES string of the molecule is O=C(O)CN1CCCCc2ccccc21. The van der Waals surface area contributed by atoms with Crippen molar-refractivity contribution >= 4 is 11.7 Å². The van der Waals surface area contributed by atoms with E-state index in [4.69, 9.17) is 5.11 Å². The van der Waals surface area contributed by atoms with Crippen LogP contribution in [-0.2, 0) is 11.2 Å². The Kier molecular flexibility index (Phi) is 2.90. The molecule has 0 aliphatic carbocycles. The van der Waals surface area contributed by atoms with Crippen LogP contribution in [0, 0.1) is 0 Å². The van der Waals surface area contributed by atoms with Crippen LogP contribution >= 0.6 is 0 Å². The van der Waals surface area contributed by atoms with Crippen LogP contribution in [0.15, 0.2) is 24.3 Å². The van der Waals surface area contributed by atoms with E-state index in [-0.39, 0.29) is 6.54 Å². The van der Waals surface area contributed by atoms with Crippen LogP contribution in [0.3, 0.4) is 0 Å². The van der Waals surface area contributed by atoms with Crippen molar-refractivity contribution in [3.8, 4) is 0 Å². The van der Waals surface area contributed by atoms with Gasteiger partial charge in [0, 0.05) is 12.2 Å². The van der Waals surface area contributed by atoms with E-state index >= 15 is 0 Å². The number of para-hydroxylation sites is 1. The van der Waals surface area contributed by atoms with E-state index in [1.807, 2.05) is 23.1 Å². The monoisotopic (exact) mass is 205 g/mol. The fourth-order valence-corrected chi connectivity index (χ4v) is 2.10. The minimum absolute atomic E-state index is 0.108. The molecule has 1 aromatic rings. The Morgan fingerprint density at radius 2 is 2.13 bits per heavy atom. The highest BCUT2D eigenvalue weighted by molar-refractivity contribution is 5.74. The molecule has 0 fully saturated rings. The van der Waals surface area contributed by atoms with Crippen molar-refractivity contribution in [2.45, 2.75) is 19.3 Å². The predicted octanol–water partition coefficient (Wildman–Crippen LogP) is 1.91. The number of aryl methyl sites for hydroxylation is 1. The highest BCUT2D eigenvalue weighted by atomic mass is 16.4. The van der Waals surface area contributed by atoms with Gasteiger partial charge in [0.15, 0.2) is 0 Å². The molecule has 3 heteroatoms. The Balaban J connectivity index is 2.28. The minimum Gasteiger partial charge on any atom is -0.480 e. The number of hydrogen-bond donors (Lipinski definition) is 1. The van der Waals surface area contributed by atoms with Gasteiger partial charge in [-0.15, -0.1) is 0 Å². The summed E-state index contributed by atoms with van der Waals surface area (Å²) < 4.78 is 0. The molecule has 0 bridgehead atoms. The van der Waals surface area contributed by atoms with Gasteiger partial charge in [0.1, 0.15) is 6.54 Å². The number of fused-ring (bicyclic) bond motifs is 1. The Hall–Kier alpha value is -1.51. The molecule has 1 N–H and O–H groups in total. The van der Waals surface area contributed by atoms with E-state index in [0.29, 0.717) is 0 Å². The summed E-state index contributed by atoms with van der Waals surface area (Å²) in [7, 11) is 0. The number of hydrogen-bond acceptors (Lipinski definition) is 2. The number of benzene rings is 1. The summed E-state index contributed by atoms with van der Waals surface area (Å²) in [4.78, 5) is 12.7. The van der Waals surface area contributed by atoms with Crippen LogP contribution < -0.4 is 4.90 Å². The molecule has 0 saturated carbocycles. The minimum atomic E-state index is -0.758. The Bertz CT molecular complexity index is 362. The first-order valence-electron chi connectivity index (χ1n) is 5.32. The van der Waals surface area contributed by atoms with Crippen molar-refractivity contribution in [3.05, 3.63) is 29.8 Å². The fourth-order valence-electron chi connectivity index (χ4n) is 2.10. The van der Waals surface area contributed by atoms with Crippen molar-refractivity contribution in [2.24, 2.45) is 0 Å². The summed E-state index contributed by atoms with van der Waals surface area (Å²) in [5, 5.41) is 8.84. The smallest absolute Gasteiger partial charge is 0.323 e. The largest absolute Gasteiger partial charge is 0.480 e. The van der Waals surface area contributed by atoms with Crippen molar-refractivity contribution in [1.29, 1.82) is 0 Å². The first-order valence-corrected chi connectivity index (χ1v) is 5.32. The lowest BCUT2D eigenvalue weighted by molar-refractivity contribution is -0.135. The van der Waals surface area contributed by atoms with Gasteiger partial charge in [-0.3, -0.25) is 4.79 Å². The summed E-state index contributed by atoms with van der Waals surface area (Å²) in [6.07, 6.45) is 3.28. The molecule has 15 heavy (non-hydrogen) atoms. The lowest BCUT2D eigenvalue weighted by Crippen LogP contribution is -2.30. The molecule has 0 atom stereocenters. The Morgan fingerprint density at radius 3 is 2.93 bits per heavy atom. The Labute approximate surface area is 89.3 Å². The molecule has 1 aromatic carbocycles. The van der Waals surface area contributed by atoms with Crippen molar-refractivity contribution in [2.75, 3.05) is 18.0 Å². The molecule has 0 aromatic heterocycles. The number of carboxylic acids is 1. The third kappa shape index (κ3) is 2.29. The zero-order chi connectivity index (χ0) is 10.7. The van der Waals surface area contributed by atoms with Crippen molar-refractivity contribution in [3.63, 3.8) is 0 Å². The second-order valence-electron chi connectivity index (χ2n) is 3.90. The molecule has 0 spiro atoms. The molecule has 2 rings (SSSR count). The van der Waals surface area contributed by atoms with Gasteiger partial charge in [0.25, 0.3) is 0 Å². The summed E-state index contributed by atoms with van der Waals surface area (Å²) in [6, 6.07) is 8.10. The van der Waals surface area contributed by atoms with E-state index in [1.165, 1.54) is 5.56 Å². The van der Waals surface area contributed by atoms with Crippen molar-refractivity contribution in [1.82, 2.24) is 0 Å². The number of anilines is 1. The topological polar surface area (TPSA) is 40.5 Å². The quantitative estimate of drug-likeness (QED) is 0.801. The molecule has 1 heterocycles. The molecule has 1 aliphatic heterocycles. The predicted molar refractivity (Wildman–Crippen MR) is 59.2 cm³/mol. The molecule has 0 amide bonds. The third-order valence-electron chi connectivity index (χ3n) is 2.78. The lowest BCUT2D eigenvalue weighted by Gasteiger charge is -2.22. The fraction of sp³-hybridized carbons (Fsp3) is 0.417. The first-order chi connectivity index (χ1) is 7.27. The van der Waals surface area contributed by atoms with E-state index in [9.17, 15) is 4.79 Å². The van der Waals surface area contributed by atoms with Crippen LogP contribution in [0.1, 0.15) is 18.4 Å². The number of rotatable bonds is 2. The van der Waals surface area contributed by atoms with Gasteiger partial charge in [0.2, 0.25) is 0 Å². The van der Waals surface area contributed by atoms with E-state index < -0.39 is 5.97 Å². The summed E-state index contributed by atoms with van der Waals surface area (Å²) in [5.74, 6) is -0.758. The van der Waals surface area contributed by atoms with Gasteiger partial charge in [-0.25, -0.2) is 0 Å². The van der Waals surface area contributed by atoms with Gasteiger partial charge in [-0.1, -0.05) is 18.2 Å². The second-order valence-corrected chi connectivity index (χ2v) is 3.90. The number of carbonyl (C=O) groups is 1. The molecule has 0 unspecified atom stereocenters. The maximum atomic E-state index is 10.7. The Morgan fingerprint density at radius 1 is 1.33 bits per heavy atom. The molecule has 0 saturated heterocycles. The van der Waals surface area contributed by atoms with Crippen LogP contribution in [0.5, 0.6) is 0 Å². The molecule has 1 aliphatic rings. The number of aliphatic carboxylic acids is 1. The normalized spacial score (nSPS) is 15.6. The zero-order valence-electron chi connectivity index (χ0n) is 8.65. The highest BCUT2D eigenvalue weighted by Gasteiger charge is 2.16. The van der Waals surface area contributed by atoms with Crippen LogP contribution in [0.25, 0.3) is 0 Å². The molecular weight excluding hydrogens is 190 g/mol. The standard InChI is InChI=1S/C12H15NO2/c14-12(15)9-13-8-4-3-6-10-5-1-2-7-11(10)13/h1-2,5,7H,3-4,6,8-9H2,(H,14,15). The van der Waals surface area contributed by atoms with Gasteiger partial charge in [-0.2, -0.15) is 0 Å². The van der Waals surface area contributed by atoms with Gasteiger partial charge < -0.3 is 10.0 Å². The zero-order valence-corrected chi connectivity index (χ0v) is 8.65. The van der Waals surface area contributed by atoms with E-state index in [0.717, 1.165) is 31.5 Å². The van der Waals surface area contributed by atoms with Crippen LogP contribution in [0.2, 0.25) is 0 Å². The third-order valence-corrected chi connectivity index (χ3v) is 2.78. The average Bonchev–Trinajstić information content (AvgIpc) is 2.41. The van der Waals surface area contributed by atoms with Crippen LogP contribution in [0.4, 0.5) is 5.69 Å². The van der Waals surface area contributed by atoms with Crippen molar-refractivity contribution < 1.29 is 9.90 Å². The average molecular weight is 205 g/mol. The number of nitrogens with zero attached hydrogens (tertiary/aromatic N) is 1. The lowest BCUT2D eigenvalue weighted by atomic mass is 10.1. The number of carboxylic acid groups (broad SMARTS) is 1. The molecule has 3 nitrogen and oxygen atoms in total. The first kappa shape index (κ1) is 10.0. The van der Waals surface area contributed by atoms with E-state index in [1.54, 1.807) is 0 Å². The molecule has 0 radical (unpaired) electrons. The summed E-state index contributed by atoms with van der Waals surface area (Å²) in [5.41, 5.74) is 2.37. The molecular formula is C12H15NO2. The van der Waals surface area contributed by atoms with Gasteiger partial charge >= 0.3 is 5.97 Å². The van der Waals surface area contributed by atoms with E-state index in [2.05, 4.69) is 6.07 Å². The highest BCUT2D eigenvalue weighted by Crippen LogP contribution is 2.25. The summed E-state index contributed by atoms with van der Waals surface area (Å²) >= 11 is 0.